The molecule has 17 heavy (non-hydrogen) atoms. The van der Waals surface area contributed by atoms with Crippen LogP contribution in [0.2, 0.25) is 0 Å². The second-order valence-electron chi connectivity index (χ2n) is 5.25. The SMILES string of the molecule is Cc1c(O)cccc1OCC1CCC(C)(C)O1. The number of phenols is 1. The minimum atomic E-state index is -0.0259. The van der Waals surface area contributed by atoms with E-state index in [0.717, 1.165) is 24.2 Å². The van der Waals surface area contributed by atoms with Gasteiger partial charge in [0.1, 0.15) is 18.1 Å². The summed E-state index contributed by atoms with van der Waals surface area (Å²) in [5.74, 6) is 1.01. The Morgan fingerprint density at radius 1 is 1.47 bits per heavy atom. The predicted octanol–water partition coefficient (Wildman–Crippen LogP) is 3.04. The number of aromatic hydroxyl groups is 1. The van der Waals surface area contributed by atoms with Crippen molar-refractivity contribution in [3.8, 4) is 11.5 Å². The van der Waals surface area contributed by atoms with Crippen molar-refractivity contribution in [3.63, 3.8) is 0 Å². The molecule has 1 atom stereocenters. The van der Waals surface area contributed by atoms with Crippen LogP contribution in [0.1, 0.15) is 32.3 Å². The molecule has 1 aliphatic heterocycles. The number of benzene rings is 1. The zero-order valence-electron chi connectivity index (χ0n) is 10.7. The third-order valence-corrected chi connectivity index (χ3v) is 3.23. The van der Waals surface area contributed by atoms with Gasteiger partial charge in [0.15, 0.2) is 0 Å². The lowest BCUT2D eigenvalue weighted by Gasteiger charge is -2.19. The molecule has 1 N–H and O–H groups in total. The maximum Gasteiger partial charge on any atom is 0.126 e. The van der Waals surface area contributed by atoms with Crippen LogP contribution in [0.3, 0.4) is 0 Å². The summed E-state index contributed by atoms with van der Waals surface area (Å²) >= 11 is 0. The summed E-state index contributed by atoms with van der Waals surface area (Å²) in [7, 11) is 0. The largest absolute Gasteiger partial charge is 0.508 e. The lowest BCUT2D eigenvalue weighted by atomic mass is 10.1. The molecular formula is C14H20O3. The molecular weight excluding hydrogens is 216 g/mol. The molecule has 0 amide bonds. The maximum atomic E-state index is 9.56. The van der Waals surface area contributed by atoms with Gasteiger partial charge in [-0.2, -0.15) is 0 Å². The summed E-state index contributed by atoms with van der Waals surface area (Å²) < 4.78 is 11.6. The molecule has 0 radical (unpaired) electrons. The van der Waals surface area contributed by atoms with Gasteiger partial charge in [-0.15, -0.1) is 0 Å². The molecule has 0 aliphatic carbocycles. The quantitative estimate of drug-likeness (QED) is 0.876. The van der Waals surface area contributed by atoms with Gasteiger partial charge in [-0.3, -0.25) is 0 Å². The Balaban J connectivity index is 1.93. The molecule has 2 rings (SSSR count). The van der Waals surface area contributed by atoms with Crippen LogP contribution in [0.4, 0.5) is 0 Å². The summed E-state index contributed by atoms with van der Waals surface area (Å²) in [6, 6.07) is 5.32. The Kier molecular flexibility index (Phi) is 3.29. The van der Waals surface area contributed by atoms with Gasteiger partial charge in [0.05, 0.1) is 11.7 Å². The van der Waals surface area contributed by atoms with E-state index in [9.17, 15) is 5.11 Å². The Hall–Kier alpha value is -1.22. The van der Waals surface area contributed by atoms with Crippen molar-refractivity contribution in [1.29, 1.82) is 0 Å². The topological polar surface area (TPSA) is 38.7 Å². The van der Waals surface area contributed by atoms with E-state index in [1.807, 2.05) is 13.0 Å². The highest BCUT2D eigenvalue weighted by molar-refractivity contribution is 5.42. The van der Waals surface area contributed by atoms with Gasteiger partial charge < -0.3 is 14.6 Å². The molecule has 1 heterocycles. The van der Waals surface area contributed by atoms with Gasteiger partial charge in [0, 0.05) is 5.56 Å². The monoisotopic (exact) mass is 236 g/mol. The van der Waals surface area contributed by atoms with Crippen molar-refractivity contribution in [2.75, 3.05) is 6.61 Å². The average molecular weight is 236 g/mol. The van der Waals surface area contributed by atoms with Crippen LogP contribution in [0, 0.1) is 6.92 Å². The predicted molar refractivity (Wildman–Crippen MR) is 66.5 cm³/mol. The molecule has 0 spiro atoms. The molecule has 0 aromatic heterocycles. The molecule has 3 heteroatoms. The fraction of sp³-hybridized carbons (Fsp3) is 0.571. The van der Waals surface area contributed by atoms with Gasteiger partial charge >= 0.3 is 0 Å². The van der Waals surface area contributed by atoms with Gasteiger partial charge in [0.25, 0.3) is 0 Å². The lowest BCUT2D eigenvalue weighted by Crippen LogP contribution is -2.24. The molecule has 0 bridgehead atoms. The summed E-state index contributed by atoms with van der Waals surface area (Å²) in [4.78, 5) is 0. The van der Waals surface area contributed by atoms with E-state index in [1.165, 1.54) is 0 Å². The van der Waals surface area contributed by atoms with Crippen molar-refractivity contribution in [2.24, 2.45) is 0 Å². The molecule has 1 aromatic rings. The smallest absolute Gasteiger partial charge is 0.126 e. The molecule has 1 aromatic carbocycles. The fourth-order valence-electron chi connectivity index (χ4n) is 2.14. The summed E-state index contributed by atoms with van der Waals surface area (Å²) in [5.41, 5.74) is 0.756. The highest BCUT2D eigenvalue weighted by Crippen LogP contribution is 2.31. The standard InChI is InChI=1S/C14H20O3/c1-10-12(15)5-4-6-13(10)16-9-11-7-8-14(2,3)17-11/h4-6,11,15H,7-9H2,1-3H3. The van der Waals surface area contributed by atoms with Crippen LogP contribution in [-0.2, 0) is 4.74 Å². The van der Waals surface area contributed by atoms with Crippen molar-refractivity contribution in [2.45, 2.75) is 45.3 Å². The first-order chi connectivity index (χ1) is 7.98. The lowest BCUT2D eigenvalue weighted by molar-refractivity contribution is -0.0327. The van der Waals surface area contributed by atoms with Gasteiger partial charge in [0.2, 0.25) is 0 Å². The molecule has 1 saturated heterocycles. The second-order valence-corrected chi connectivity index (χ2v) is 5.25. The number of ether oxygens (including phenoxy) is 2. The molecule has 1 aliphatic rings. The van der Waals surface area contributed by atoms with Gasteiger partial charge in [-0.25, -0.2) is 0 Å². The number of rotatable bonds is 3. The van der Waals surface area contributed by atoms with Crippen LogP contribution >= 0.6 is 0 Å². The van der Waals surface area contributed by atoms with Gasteiger partial charge in [-0.1, -0.05) is 6.07 Å². The summed E-state index contributed by atoms with van der Waals surface area (Å²) in [6.07, 6.45) is 2.26. The molecule has 0 saturated carbocycles. The van der Waals surface area contributed by atoms with Crippen molar-refractivity contribution in [1.82, 2.24) is 0 Å². The minimum absolute atomic E-state index is 0.0259. The van der Waals surface area contributed by atoms with Crippen LogP contribution in [0.15, 0.2) is 18.2 Å². The van der Waals surface area contributed by atoms with E-state index in [2.05, 4.69) is 13.8 Å². The van der Waals surface area contributed by atoms with E-state index in [-0.39, 0.29) is 17.5 Å². The molecule has 94 valence electrons. The van der Waals surface area contributed by atoms with Crippen LogP contribution < -0.4 is 4.74 Å². The highest BCUT2D eigenvalue weighted by Gasteiger charge is 2.31. The van der Waals surface area contributed by atoms with E-state index in [0.29, 0.717) is 6.61 Å². The maximum absolute atomic E-state index is 9.56. The number of hydrogen-bond donors (Lipinski definition) is 1. The Labute approximate surface area is 102 Å². The van der Waals surface area contributed by atoms with Crippen molar-refractivity contribution < 1.29 is 14.6 Å². The first-order valence-corrected chi connectivity index (χ1v) is 6.07. The van der Waals surface area contributed by atoms with Crippen LogP contribution in [-0.4, -0.2) is 23.4 Å². The average Bonchev–Trinajstić information content (AvgIpc) is 2.61. The zero-order valence-corrected chi connectivity index (χ0v) is 10.7. The fourth-order valence-corrected chi connectivity index (χ4v) is 2.14. The Bertz CT molecular complexity index is 398. The Morgan fingerprint density at radius 2 is 2.24 bits per heavy atom. The van der Waals surface area contributed by atoms with E-state index in [1.54, 1.807) is 12.1 Å². The molecule has 3 nitrogen and oxygen atoms in total. The molecule has 1 fully saturated rings. The zero-order chi connectivity index (χ0) is 12.5. The first-order valence-electron chi connectivity index (χ1n) is 6.07. The summed E-state index contributed by atoms with van der Waals surface area (Å²) in [6.45, 7) is 6.61. The van der Waals surface area contributed by atoms with E-state index < -0.39 is 0 Å². The summed E-state index contributed by atoms with van der Waals surface area (Å²) in [5, 5.41) is 9.56. The highest BCUT2D eigenvalue weighted by atomic mass is 16.6. The third-order valence-electron chi connectivity index (χ3n) is 3.23. The number of hydrogen-bond acceptors (Lipinski definition) is 3. The van der Waals surface area contributed by atoms with E-state index in [4.69, 9.17) is 9.47 Å². The number of phenolic OH excluding ortho intramolecular Hbond substituents is 1. The second kappa shape index (κ2) is 4.57. The Morgan fingerprint density at radius 3 is 2.88 bits per heavy atom. The minimum Gasteiger partial charge on any atom is -0.508 e. The van der Waals surface area contributed by atoms with E-state index >= 15 is 0 Å². The van der Waals surface area contributed by atoms with Crippen LogP contribution in [0.25, 0.3) is 0 Å². The van der Waals surface area contributed by atoms with Crippen molar-refractivity contribution >= 4 is 0 Å². The van der Waals surface area contributed by atoms with Gasteiger partial charge in [-0.05, 0) is 45.7 Å². The molecule has 1 unspecified atom stereocenters. The van der Waals surface area contributed by atoms with Crippen LogP contribution in [0.5, 0.6) is 11.5 Å². The van der Waals surface area contributed by atoms with Crippen molar-refractivity contribution in [3.05, 3.63) is 23.8 Å². The first kappa shape index (κ1) is 12.2. The normalized spacial score (nSPS) is 22.6. The third kappa shape index (κ3) is 2.91.